The number of hydrogen-bond donors (Lipinski definition) is 0. The lowest BCUT2D eigenvalue weighted by atomic mass is 10.1. The molecule has 1 aromatic carbocycles. The van der Waals surface area contributed by atoms with E-state index in [1.165, 1.54) is 0 Å². The molecule has 0 spiro atoms. The predicted octanol–water partition coefficient (Wildman–Crippen LogP) is 1.40. The Kier molecular flexibility index (Phi) is 3.91. The molecule has 0 unspecified atom stereocenters. The third-order valence-corrected chi connectivity index (χ3v) is 5.04. The fourth-order valence-corrected chi connectivity index (χ4v) is 3.66. The minimum atomic E-state index is -0.155. The molecule has 1 saturated heterocycles. The monoisotopic (exact) mass is 339 g/mol. The van der Waals surface area contributed by atoms with Gasteiger partial charge in [0.2, 0.25) is 5.91 Å². The highest BCUT2D eigenvalue weighted by Crippen LogP contribution is 2.21. The molecule has 1 amide bonds. The van der Waals surface area contributed by atoms with Crippen LogP contribution in [-0.2, 0) is 18.4 Å². The summed E-state index contributed by atoms with van der Waals surface area (Å²) in [6.07, 6.45) is 7.49. The van der Waals surface area contributed by atoms with Crippen LogP contribution in [0.2, 0.25) is 0 Å². The van der Waals surface area contributed by atoms with Crippen molar-refractivity contribution in [1.29, 1.82) is 0 Å². The van der Waals surface area contributed by atoms with Crippen molar-refractivity contribution in [1.82, 2.24) is 23.6 Å². The maximum Gasteiger partial charge on any atom is 0.329 e. The summed E-state index contributed by atoms with van der Waals surface area (Å²) < 4.78 is 5.22. The number of carbonyl (C=O) groups excluding carboxylic acids is 1. The van der Waals surface area contributed by atoms with Crippen LogP contribution in [0.4, 0.5) is 0 Å². The van der Waals surface area contributed by atoms with Crippen molar-refractivity contribution in [3.63, 3.8) is 0 Å². The number of benzene rings is 1. The smallest absolute Gasteiger partial charge is 0.329 e. The second-order valence-corrected chi connectivity index (χ2v) is 6.56. The number of nitrogens with zero attached hydrogens (tertiary/aromatic N) is 5. The molecule has 0 saturated carbocycles. The van der Waals surface area contributed by atoms with Crippen molar-refractivity contribution in [2.45, 2.75) is 25.4 Å². The number of rotatable bonds is 3. The summed E-state index contributed by atoms with van der Waals surface area (Å²) in [5.41, 5.74) is 1.49. The Labute approximate surface area is 145 Å². The third kappa shape index (κ3) is 2.75. The van der Waals surface area contributed by atoms with Gasteiger partial charge in [0.1, 0.15) is 6.54 Å². The molecule has 2 aromatic heterocycles. The van der Waals surface area contributed by atoms with E-state index in [2.05, 4.69) is 9.55 Å². The lowest BCUT2D eigenvalue weighted by Gasteiger charge is -2.33. The molecule has 3 heterocycles. The minimum absolute atomic E-state index is 0.0109. The van der Waals surface area contributed by atoms with Gasteiger partial charge in [0.15, 0.2) is 0 Å². The number of amides is 1. The lowest BCUT2D eigenvalue weighted by molar-refractivity contribution is -0.133. The van der Waals surface area contributed by atoms with Crippen LogP contribution in [0, 0.1) is 0 Å². The molecule has 0 bridgehead atoms. The topological polar surface area (TPSA) is 65.1 Å². The van der Waals surface area contributed by atoms with Crippen LogP contribution in [0.5, 0.6) is 0 Å². The largest absolute Gasteiger partial charge is 0.339 e. The van der Waals surface area contributed by atoms with Crippen molar-refractivity contribution in [2.75, 3.05) is 13.1 Å². The van der Waals surface area contributed by atoms with Gasteiger partial charge in [-0.15, -0.1) is 0 Å². The zero-order chi connectivity index (χ0) is 17.4. The second-order valence-electron chi connectivity index (χ2n) is 6.56. The molecule has 7 heteroatoms. The highest BCUT2D eigenvalue weighted by atomic mass is 16.2. The van der Waals surface area contributed by atoms with Crippen LogP contribution in [0.1, 0.15) is 18.9 Å². The number of hydrogen-bond acceptors (Lipinski definition) is 3. The fourth-order valence-electron chi connectivity index (χ4n) is 3.66. The summed E-state index contributed by atoms with van der Waals surface area (Å²) in [5, 5.41) is 0. The quantitative estimate of drug-likeness (QED) is 0.724. The van der Waals surface area contributed by atoms with Crippen LogP contribution in [0.15, 0.2) is 47.8 Å². The van der Waals surface area contributed by atoms with Gasteiger partial charge in [0.25, 0.3) is 0 Å². The van der Waals surface area contributed by atoms with E-state index in [0.717, 1.165) is 30.4 Å². The fraction of sp³-hybridized carbons (Fsp3) is 0.389. The molecular weight excluding hydrogens is 318 g/mol. The number of carbonyl (C=O) groups is 1. The summed E-state index contributed by atoms with van der Waals surface area (Å²) in [7, 11) is 1.74. The average Bonchev–Trinajstić information content (AvgIpc) is 3.26. The van der Waals surface area contributed by atoms with Crippen LogP contribution >= 0.6 is 0 Å². The van der Waals surface area contributed by atoms with Crippen molar-refractivity contribution >= 4 is 16.9 Å². The minimum Gasteiger partial charge on any atom is -0.339 e. The SMILES string of the molecule is Cn1c(=O)n(CC(=O)N2CCC[C@H](n3ccnc3)C2)c2ccccc21. The molecule has 1 aliphatic heterocycles. The van der Waals surface area contributed by atoms with E-state index < -0.39 is 0 Å². The van der Waals surface area contributed by atoms with Crippen molar-refractivity contribution in [3.8, 4) is 0 Å². The zero-order valence-corrected chi connectivity index (χ0v) is 14.2. The van der Waals surface area contributed by atoms with Crippen molar-refractivity contribution < 1.29 is 4.79 Å². The molecular formula is C18H21N5O2. The average molecular weight is 339 g/mol. The van der Waals surface area contributed by atoms with E-state index in [1.54, 1.807) is 28.7 Å². The first kappa shape index (κ1) is 15.7. The molecule has 7 nitrogen and oxygen atoms in total. The molecule has 1 atom stereocenters. The van der Waals surface area contributed by atoms with Gasteiger partial charge < -0.3 is 9.47 Å². The maximum absolute atomic E-state index is 12.8. The molecule has 130 valence electrons. The number of likely N-dealkylation sites (tertiary alicyclic amines) is 1. The normalized spacial score (nSPS) is 18.0. The Morgan fingerprint density at radius 3 is 2.84 bits per heavy atom. The Morgan fingerprint density at radius 2 is 2.08 bits per heavy atom. The molecule has 0 aliphatic carbocycles. The number of piperidine rings is 1. The van der Waals surface area contributed by atoms with Gasteiger partial charge in [0, 0.05) is 32.5 Å². The van der Waals surface area contributed by atoms with Crippen LogP contribution in [-0.4, -0.2) is 42.6 Å². The Hall–Kier alpha value is -2.83. The number of imidazole rings is 2. The van der Waals surface area contributed by atoms with Gasteiger partial charge in [-0.2, -0.15) is 0 Å². The van der Waals surface area contributed by atoms with Gasteiger partial charge in [-0.3, -0.25) is 13.9 Å². The lowest BCUT2D eigenvalue weighted by Crippen LogP contribution is -2.43. The van der Waals surface area contributed by atoms with E-state index in [1.807, 2.05) is 35.4 Å². The molecule has 1 aliphatic rings. The number of aromatic nitrogens is 4. The van der Waals surface area contributed by atoms with Crippen LogP contribution in [0.25, 0.3) is 11.0 Å². The van der Waals surface area contributed by atoms with E-state index in [9.17, 15) is 9.59 Å². The van der Waals surface area contributed by atoms with E-state index >= 15 is 0 Å². The van der Waals surface area contributed by atoms with E-state index in [4.69, 9.17) is 0 Å². The van der Waals surface area contributed by atoms with Crippen molar-refractivity contribution in [3.05, 3.63) is 53.5 Å². The first-order chi connectivity index (χ1) is 12.1. The Balaban J connectivity index is 1.56. The number of aryl methyl sites for hydroxylation is 1. The molecule has 4 rings (SSSR count). The summed E-state index contributed by atoms with van der Waals surface area (Å²) in [6.45, 7) is 1.48. The van der Waals surface area contributed by atoms with Crippen molar-refractivity contribution in [2.24, 2.45) is 7.05 Å². The van der Waals surface area contributed by atoms with Gasteiger partial charge in [0.05, 0.1) is 23.4 Å². The summed E-state index contributed by atoms with van der Waals surface area (Å²) >= 11 is 0. The molecule has 0 N–H and O–H groups in total. The summed E-state index contributed by atoms with van der Waals surface area (Å²) in [5.74, 6) is -0.0109. The maximum atomic E-state index is 12.8. The van der Waals surface area contributed by atoms with Gasteiger partial charge >= 0.3 is 5.69 Å². The predicted molar refractivity (Wildman–Crippen MR) is 94.3 cm³/mol. The molecule has 25 heavy (non-hydrogen) atoms. The second kappa shape index (κ2) is 6.23. The summed E-state index contributed by atoms with van der Waals surface area (Å²) in [4.78, 5) is 31.3. The highest BCUT2D eigenvalue weighted by molar-refractivity contribution is 5.81. The Bertz CT molecular complexity index is 954. The van der Waals surface area contributed by atoms with Gasteiger partial charge in [-0.05, 0) is 25.0 Å². The van der Waals surface area contributed by atoms with Crippen LogP contribution < -0.4 is 5.69 Å². The number of fused-ring (bicyclic) bond motifs is 1. The number of para-hydroxylation sites is 2. The molecule has 0 radical (unpaired) electrons. The summed E-state index contributed by atoms with van der Waals surface area (Å²) in [6, 6.07) is 7.82. The first-order valence-corrected chi connectivity index (χ1v) is 8.54. The van der Waals surface area contributed by atoms with Crippen LogP contribution in [0.3, 0.4) is 0 Å². The standard InChI is InChI=1S/C18H21N5O2/c1-20-15-6-2-3-7-16(15)23(18(20)25)12-17(24)21-9-4-5-14(11-21)22-10-8-19-13-22/h2-3,6-8,10,13-14H,4-5,9,11-12H2,1H3/t14-/m0/s1. The van der Waals surface area contributed by atoms with E-state index in [-0.39, 0.29) is 24.2 Å². The Morgan fingerprint density at radius 1 is 1.28 bits per heavy atom. The molecule has 3 aromatic rings. The third-order valence-electron chi connectivity index (χ3n) is 5.04. The molecule has 1 fully saturated rings. The highest BCUT2D eigenvalue weighted by Gasteiger charge is 2.25. The van der Waals surface area contributed by atoms with E-state index in [0.29, 0.717) is 6.54 Å². The zero-order valence-electron chi connectivity index (χ0n) is 14.2. The van der Waals surface area contributed by atoms with Gasteiger partial charge in [-0.25, -0.2) is 9.78 Å². The van der Waals surface area contributed by atoms with Gasteiger partial charge in [-0.1, -0.05) is 12.1 Å². The first-order valence-electron chi connectivity index (χ1n) is 8.54.